The molecular weight excluding hydrogens is 336 g/mol. The van der Waals surface area contributed by atoms with E-state index in [0.717, 1.165) is 5.56 Å². The standard InChI is InChI=1S/C23H28N2O2/c1-16(2)24-22(27)19-8-6-7-9-20(19)25-21(26)15-12-17-10-13-18(14-11-17)23(3,4)5/h6-16H,1-5H3,(H,24,27)(H,25,26)/b15-12+. The van der Waals surface area contributed by atoms with Crippen LogP contribution in [-0.2, 0) is 10.2 Å². The predicted octanol–water partition coefficient (Wildman–Crippen LogP) is 4.77. The fourth-order valence-corrected chi connectivity index (χ4v) is 2.57. The molecule has 0 bridgehead atoms. The van der Waals surface area contributed by atoms with Gasteiger partial charge in [-0.15, -0.1) is 0 Å². The van der Waals surface area contributed by atoms with Gasteiger partial charge >= 0.3 is 0 Å². The fourth-order valence-electron chi connectivity index (χ4n) is 2.57. The highest BCUT2D eigenvalue weighted by Gasteiger charge is 2.13. The Kier molecular flexibility index (Phi) is 6.56. The van der Waals surface area contributed by atoms with E-state index in [1.807, 2.05) is 26.0 Å². The Morgan fingerprint density at radius 1 is 0.963 bits per heavy atom. The maximum Gasteiger partial charge on any atom is 0.253 e. The smallest absolute Gasteiger partial charge is 0.253 e. The Hall–Kier alpha value is -2.88. The summed E-state index contributed by atoms with van der Waals surface area (Å²) in [5.41, 5.74) is 3.23. The summed E-state index contributed by atoms with van der Waals surface area (Å²) in [6, 6.07) is 15.1. The van der Waals surface area contributed by atoms with E-state index >= 15 is 0 Å². The third-order valence-corrected chi connectivity index (χ3v) is 4.05. The van der Waals surface area contributed by atoms with Gasteiger partial charge in [-0.25, -0.2) is 0 Å². The van der Waals surface area contributed by atoms with E-state index in [4.69, 9.17) is 0 Å². The van der Waals surface area contributed by atoms with Crippen molar-refractivity contribution in [1.82, 2.24) is 5.32 Å². The van der Waals surface area contributed by atoms with E-state index in [1.165, 1.54) is 11.6 Å². The van der Waals surface area contributed by atoms with Crippen molar-refractivity contribution in [3.8, 4) is 0 Å². The van der Waals surface area contributed by atoms with Crippen LogP contribution in [-0.4, -0.2) is 17.9 Å². The Morgan fingerprint density at radius 3 is 2.19 bits per heavy atom. The number of anilines is 1. The van der Waals surface area contributed by atoms with E-state index in [0.29, 0.717) is 11.3 Å². The first-order valence-corrected chi connectivity index (χ1v) is 9.16. The van der Waals surface area contributed by atoms with Crippen molar-refractivity contribution in [3.05, 3.63) is 71.3 Å². The molecule has 2 aromatic carbocycles. The van der Waals surface area contributed by atoms with Crippen molar-refractivity contribution < 1.29 is 9.59 Å². The Balaban J connectivity index is 2.08. The third kappa shape index (κ3) is 6.10. The third-order valence-electron chi connectivity index (χ3n) is 4.05. The maximum atomic E-state index is 12.3. The summed E-state index contributed by atoms with van der Waals surface area (Å²) < 4.78 is 0. The average molecular weight is 364 g/mol. The summed E-state index contributed by atoms with van der Waals surface area (Å²) in [5.74, 6) is -0.484. The molecule has 0 aliphatic carbocycles. The molecule has 0 aliphatic rings. The number of amides is 2. The second-order valence-corrected chi connectivity index (χ2v) is 7.87. The van der Waals surface area contributed by atoms with E-state index in [1.54, 1.807) is 30.3 Å². The van der Waals surface area contributed by atoms with Crippen LogP contribution in [0.15, 0.2) is 54.6 Å². The zero-order chi connectivity index (χ0) is 20.0. The van der Waals surface area contributed by atoms with Gasteiger partial charge in [0.2, 0.25) is 5.91 Å². The molecule has 0 aromatic heterocycles. The molecule has 27 heavy (non-hydrogen) atoms. The minimum atomic E-state index is -0.278. The van der Waals surface area contributed by atoms with Crippen molar-refractivity contribution in [2.24, 2.45) is 0 Å². The van der Waals surface area contributed by atoms with Gasteiger partial charge in [0.15, 0.2) is 0 Å². The molecule has 2 amide bonds. The van der Waals surface area contributed by atoms with Crippen LogP contribution in [0.1, 0.15) is 56.1 Å². The molecule has 142 valence electrons. The first kappa shape index (κ1) is 20.4. The molecule has 0 unspecified atom stereocenters. The monoisotopic (exact) mass is 364 g/mol. The molecule has 0 atom stereocenters. The fraction of sp³-hybridized carbons (Fsp3) is 0.304. The van der Waals surface area contributed by atoms with Gasteiger partial charge in [-0.3, -0.25) is 9.59 Å². The van der Waals surface area contributed by atoms with Crippen molar-refractivity contribution in [2.45, 2.75) is 46.1 Å². The molecule has 0 aliphatic heterocycles. The largest absolute Gasteiger partial charge is 0.350 e. The van der Waals surface area contributed by atoms with Gasteiger partial charge in [-0.1, -0.05) is 57.2 Å². The average Bonchev–Trinajstić information content (AvgIpc) is 2.59. The lowest BCUT2D eigenvalue weighted by molar-refractivity contribution is -0.111. The lowest BCUT2D eigenvalue weighted by Crippen LogP contribution is -2.30. The van der Waals surface area contributed by atoms with Gasteiger partial charge in [0.25, 0.3) is 5.91 Å². The van der Waals surface area contributed by atoms with Crippen LogP contribution in [0.2, 0.25) is 0 Å². The number of benzene rings is 2. The Bertz CT molecular complexity index is 828. The van der Waals surface area contributed by atoms with Crippen molar-refractivity contribution >= 4 is 23.6 Å². The first-order chi connectivity index (χ1) is 12.7. The van der Waals surface area contributed by atoms with Gasteiger partial charge in [0.05, 0.1) is 11.3 Å². The van der Waals surface area contributed by atoms with Gasteiger partial charge in [-0.2, -0.15) is 0 Å². The van der Waals surface area contributed by atoms with Gasteiger partial charge in [-0.05, 0) is 48.6 Å². The summed E-state index contributed by atoms with van der Waals surface area (Å²) in [5, 5.41) is 5.62. The molecule has 0 radical (unpaired) electrons. The Labute approximate surface area is 161 Å². The minimum Gasteiger partial charge on any atom is -0.350 e. The lowest BCUT2D eigenvalue weighted by atomic mass is 9.87. The molecule has 4 nitrogen and oxygen atoms in total. The van der Waals surface area contributed by atoms with Gasteiger partial charge in [0, 0.05) is 12.1 Å². The van der Waals surface area contributed by atoms with Crippen LogP contribution in [0.5, 0.6) is 0 Å². The highest BCUT2D eigenvalue weighted by atomic mass is 16.2. The molecule has 0 saturated heterocycles. The summed E-state index contributed by atoms with van der Waals surface area (Å²) in [6.07, 6.45) is 3.24. The predicted molar refractivity (Wildman–Crippen MR) is 112 cm³/mol. The molecular formula is C23H28N2O2. The number of para-hydroxylation sites is 1. The lowest BCUT2D eigenvalue weighted by Gasteiger charge is -2.18. The number of nitrogens with one attached hydrogen (secondary N) is 2. The molecule has 0 fully saturated rings. The van der Waals surface area contributed by atoms with E-state index in [-0.39, 0.29) is 23.3 Å². The molecule has 0 heterocycles. The quantitative estimate of drug-likeness (QED) is 0.751. The molecule has 0 saturated carbocycles. The summed E-state index contributed by atoms with van der Waals surface area (Å²) in [4.78, 5) is 24.5. The van der Waals surface area contributed by atoms with Crippen molar-refractivity contribution in [2.75, 3.05) is 5.32 Å². The number of rotatable bonds is 5. The molecule has 2 rings (SSSR count). The van der Waals surface area contributed by atoms with Gasteiger partial charge < -0.3 is 10.6 Å². The summed E-state index contributed by atoms with van der Waals surface area (Å²) in [7, 11) is 0. The molecule has 2 N–H and O–H groups in total. The minimum absolute atomic E-state index is 0.0252. The maximum absolute atomic E-state index is 12.3. The topological polar surface area (TPSA) is 58.2 Å². The SMILES string of the molecule is CC(C)NC(=O)c1ccccc1NC(=O)/C=C/c1ccc(C(C)(C)C)cc1. The second-order valence-electron chi connectivity index (χ2n) is 7.87. The number of hydrogen-bond acceptors (Lipinski definition) is 2. The second kappa shape index (κ2) is 8.67. The Morgan fingerprint density at radius 2 is 1.59 bits per heavy atom. The number of hydrogen-bond donors (Lipinski definition) is 2. The first-order valence-electron chi connectivity index (χ1n) is 9.16. The van der Waals surface area contributed by atoms with Crippen LogP contribution in [0.4, 0.5) is 5.69 Å². The van der Waals surface area contributed by atoms with Gasteiger partial charge in [0.1, 0.15) is 0 Å². The highest BCUT2D eigenvalue weighted by Crippen LogP contribution is 2.22. The summed E-state index contributed by atoms with van der Waals surface area (Å²) >= 11 is 0. The zero-order valence-electron chi connectivity index (χ0n) is 16.7. The number of carbonyl (C=O) groups excluding carboxylic acids is 2. The summed E-state index contributed by atoms with van der Waals surface area (Å²) in [6.45, 7) is 10.3. The van der Waals surface area contributed by atoms with Crippen LogP contribution < -0.4 is 10.6 Å². The van der Waals surface area contributed by atoms with Crippen LogP contribution in [0.3, 0.4) is 0 Å². The normalized spacial score (nSPS) is 11.6. The van der Waals surface area contributed by atoms with Crippen LogP contribution >= 0.6 is 0 Å². The van der Waals surface area contributed by atoms with E-state index < -0.39 is 0 Å². The highest BCUT2D eigenvalue weighted by molar-refractivity contribution is 6.07. The van der Waals surface area contributed by atoms with Crippen LogP contribution in [0.25, 0.3) is 6.08 Å². The molecule has 0 spiro atoms. The van der Waals surface area contributed by atoms with Crippen molar-refractivity contribution in [3.63, 3.8) is 0 Å². The zero-order valence-corrected chi connectivity index (χ0v) is 16.7. The van der Waals surface area contributed by atoms with Crippen LogP contribution in [0, 0.1) is 0 Å². The molecule has 4 heteroatoms. The number of carbonyl (C=O) groups is 2. The van der Waals surface area contributed by atoms with E-state index in [9.17, 15) is 9.59 Å². The molecule has 2 aromatic rings. The van der Waals surface area contributed by atoms with Crippen molar-refractivity contribution in [1.29, 1.82) is 0 Å². The van der Waals surface area contributed by atoms with E-state index in [2.05, 4.69) is 43.5 Å².